The van der Waals surface area contributed by atoms with Crippen molar-refractivity contribution >= 4 is 17.3 Å². The van der Waals surface area contributed by atoms with E-state index in [1.54, 1.807) is 0 Å². The first-order valence-electron chi connectivity index (χ1n) is 10.7. The predicted molar refractivity (Wildman–Crippen MR) is 122 cm³/mol. The van der Waals surface area contributed by atoms with Crippen LogP contribution in [-0.2, 0) is 0 Å². The second-order valence-corrected chi connectivity index (χ2v) is 7.73. The lowest BCUT2D eigenvalue weighted by Gasteiger charge is -2.38. The van der Waals surface area contributed by atoms with Gasteiger partial charge in [-0.15, -0.1) is 0 Å². The predicted octanol–water partition coefficient (Wildman–Crippen LogP) is 6.34. The number of nitrogens with one attached hydrogen (secondary N) is 1. The number of nitrogens with zero attached hydrogens (tertiary/aromatic N) is 1. The van der Waals surface area contributed by atoms with Crippen LogP contribution in [0.5, 0.6) is 5.75 Å². The number of benzene rings is 3. The van der Waals surface area contributed by atoms with Gasteiger partial charge < -0.3 is 10.1 Å². The first-order chi connectivity index (χ1) is 14.7. The average molecular weight is 401 g/mol. The maximum atomic E-state index is 13.4. The number of para-hydroxylation sites is 1. The van der Waals surface area contributed by atoms with Crippen LogP contribution in [-0.4, -0.2) is 12.5 Å². The van der Waals surface area contributed by atoms with Crippen LogP contribution >= 0.6 is 0 Å². The zero-order valence-corrected chi connectivity index (χ0v) is 17.6. The van der Waals surface area contributed by atoms with Crippen molar-refractivity contribution in [2.24, 2.45) is 0 Å². The van der Waals surface area contributed by atoms with Crippen LogP contribution < -0.4 is 15.0 Å². The molecule has 30 heavy (non-hydrogen) atoms. The number of rotatable bonds is 7. The van der Waals surface area contributed by atoms with E-state index in [1.807, 2.05) is 84.6 Å². The summed E-state index contributed by atoms with van der Waals surface area (Å²) < 4.78 is 5.85. The summed E-state index contributed by atoms with van der Waals surface area (Å²) in [6.07, 6.45) is 3.13. The van der Waals surface area contributed by atoms with E-state index in [9.17, 15) is 4.79 Å². The number of ether oxygens (including phenoxy) is 1. The van der Waals surface area contributed by atoms with Gasteiger partial charge in [0.2, 0.25) is 0 Å². The molecule has 0 saturated heterocycles. The third-order valence-corrected chi connectivity index (χ3v) is 5.45. The summed E-state index contributed by atoms with van der Waals surface area (Å²) in [4.78, 5) is 15.2. The molecule has 1 atom stereocenters. The second-order valence-electron chi connectivity index (χ2n) is 7.73. The van der Waals surface area contributed by atoms with Crippen molar-refractivity contribution in [3.05, 3.63) is 89.5 Å². The molecule has 3 aromatic rings. The summed E-state index contributed by atoms with van der Waals surface area (Å²) in [6.45, 7) is 4.97. The molecule has 0 spiro atoms. The minimum Gasteiger partial charge on any atom is -0.494 e. The molecule has 0 fully saturated rings. The first-order valence-corrected chi connectivity index (χ1v) is 10.7. The molecule has 1 amide bonds. The van der Waals surface area contributed by atoms with Crippen LogP contribution in [0.3, 0.4) is 0 Å². The Morgan fingerprint density at radius 2 is 1.67 bits per heavy atom. The van der Waals surface area contributed by atoms with Gasteiger partial charge in [0.25, 0.3) is 5.91 Å². The SMILES string of the molecule is CCCCCOc1ccc([C@@H]2Nc3ccccc3C(=O)N2c2ccc(C)cc2)cc1. The molecule has 1 aliphatic heterocycles. The molecule has 0 aliphatic carbocycles. The van der Waals surface area contributed by atoms with Crippen molar-refractivity contribution in [1.29, 1.82) is 0 Å². The third-order valence-electron chi connectivity index (χ3n) is 5.45. The molecule has 0 unspecified atom stereocenters. The lowest BCUT2D eigenvalue weighted by atomic mass is 10.0. The van der Waals surface area contributed by atoms with E-state index in [2.05, 4.69) is 12.2 Å². The molecule has 4 rings (SSSR count). The quantitative estimate of drug-likeness (QED) is 0.471. The van der Waals surface area contributed by atoms with Crippen LogP contribution in [0.25, 0.3) is 0 Å². The molecular formula is C26H28N2O2. The Labute approximate surface area is 178 Å². The number of fused-ring (bicyclic) bond motifs is 1. The van der Waals surface area contributed by atoms with Crippen molar-refractivity contribution in [1.82, 2.24) is 0 Å². The topological polar surface area (TPSA) is 41.6 Å². The number of hydrogen-bond acceptors (Lipinski definition) is 3. The van der Waals surface area contributed by atoms with Crippen molar-refractivity contribution < 1.29 is 9.53 Å². The highest BCUT2D eigenvalue weighted by Gasteiger charge is 2.33. The Morgan fingerprint density at radius 3 is 2.40 bits per heavy atom. The Bertz CT molecular complexity index is 996. The highest BCUT2D eigenvalue weighted by molar-refractivity contribution is 6.12. The van der Waals surface area contributed by atoms with Gasteiger partial charge in [0.15, 0.2) is 0 Å². The number of carbonyl (C=O) groups is 1. The zero-order chi connectivity index (χ0) is 20.9. The molecule has 3 aromatic carbocycles. The fourth-order valence-electron chi connectivity index (χ4n) is 3.75. The number of hydrogen-bond donors (Lipinski definition) is 1. The van der Waals surface area contributed by atoms with Crippen LogP contribution in [0.1, 0.15) is 53.8 Å². The lowest BCUT2D eigenvalue weighted by molar-refractivity contribution is 0.0975. The van der Waals surface area contributed by atoms with Crippen LogP contribution in [0.4, 0.5) is 11.4 Å². The number of aryl methyl sites for hydroxylation is 1. The summed E-state index contributed by atoms with van der Waals surface area (Å²) in [7, 11) is 0. The summed E-state index contributed by atoms with van der Waals surface area (Å²) in [5.74, 6) is 0.859. The van der Waals surface area contributed by atoms with E-state index in [-0.39, 0.29) is 12.1 Å². The van der Waals surface area contributed by atoms with E-state index >= 15 is 0 Å². The Hall–Kier alpha value is -3.27. The number of unbranched alkanes of at least 4 members (excludes halogenated alkanes) is 2. The molecule has 0 radical (unpaired) electrons. The largest absolute Gasteiger partial charge is 0.494 e. The van der Waals surface area contributed by atoms with E-state index in [1.165, 1.54) is 12.8 Å². The summed E-state index contributed by atoms with van der Waals surface area (Å²) in [5.41, 5.74) is 4.59. The summed E-state index contributed by atoms with van der Waals surface area (Å²) in [5, 5.41) is 3.55. The third kappa shape index (κ3) is 4.18. The van der Waals surface area contributed by atoms with Gasteiger partial charge in [0.1, 0.15) is 11.9 Å². The fourth-order valence-corrected chi connectivity index (χ4v) is 3.75. The summed E-state index contributed by atoms with van der Waals surface area (Å²) >= 11 is 0. The van der Waals surface area contributed by atoms with Crippen molar-refractivity contribution in [2.45, 2.75) is 39.3 Å². The number of anilines is 2. The van der Waals surface area contributed by atoms with E-state index < -0.39 is 0 Å². The maximum absolute atomic E-state index is 13.4. The molecule has 154 valence electrons. The highest BCUT2D eigenvalue weighted by Crippen LogP contribution is 2.37. The van der Waals surface area contributed by atoms with Gasteiger partial charge in [-0.05, 0) is 55.3 Å². The molecule has 0 bridgehead atoms. The van der Waals surface area contributed by atoms with Gasteiger partial charge in [-0.3, -0.25) is 9.69 Å². The van der Waals surface area contributed by atoms with Gasteiger partial charge in [-0.2, -0.15) is 0 Å². The minimum atomic E-state index is -0.288. The minimum absolute atomic E-state index is 0.00176. The van der Waals surface area contributed by atoms with Crippen molar-refractivity contribution in [3.63, 3.8) is 0 Å². The van der Waals surface area contributed by atoms with Crippen LogP contribution in [0, 0.1) is 6.92 Å². The Morgan fingerprint density at radius 1 is 0.933 bits per heavy atom. The zero-order valence-electron chi connectivity index (χ0n) is 17.6. The Balaban J connectivity index is 1.64. The lowest BCUT2D eigenvalue weighted by Crippen LogP contribution is -2.43. The van der Waals surface area contributed by atoms with Gasteiger partial charge in [-0.25, -0.2) is 0 Å². The Kier molecular flexibility index (Phi) is 6.03. The molecule has 4 nitrogen and oxygen atoms in total. The molecular weight excluding hydrogens is 372 g/mol. The molecule has 1 N–H and O–H groups in total. The number of carbonyl (C=O) groups excluding carboxylic acids is 1. The van der Waals surface area contributed by atoms with Gasteiger partial charge in [0, 0.05) is 11.4 Å². The second kappa shape index (κ2) is 9.04. The number of amides is 1. The van der Waals surface area contributed by atoms with E-state index in [0.717, 1.165) is 41.3 Å². The molecule has 4 heteroatoms. The fraction of sp³-hybridized carbons (Fsp3) is 0.269. The molecule has 1 heterocycles. The van der Waals surface area contributed by atoms with Gasteiger partial charge in [0.05, 0.1) is 12.2 Å². The normalized spacial score (nSPS) is 15.5. The molecule has 0 aromatic heterocycles. The van der Waals surface area contributed by atoms with Crippen LogP contribution in [0.15, 0.2) is 72.8 Å². The van der Waals surface area contributed by atoms with E-state index in [4.69, 9.17) is 4.74 Å². The monoisotopic (exact) mass is 400 g/mol. The average Bonchev–Trinajstić information content (AvgIpc) is 2.78. The standard InChI is InChI=1S/C26H28N2O2/c1-3-4-7-18-30-22-16-12-20(13-17-22)25-27-24-9-6-5-8-23(24)26(29)28(25)21-14-10-19(2)11-15-21/h5-6,8-17,25,27H,3-4,7,18H2,1-2H3/t25-/m1/s1. The van der Waals surface area contributed by atoms with E-state index in [0.29, 0.717) is 5.56 Å². The smallest absolute Gasteiger partial charge is 0.262 e. The highest BCUT2D eigenvalue weighted by atomic mass is 16.5. The molecule has 0 saturated carbocycles. The van der Waals surface area contributed by atoms with Crippen molar-refractivity contribution in [3.8, 4) is 5.75 Å². The van der Waals surface area contributed by atoms with Crippen molar-refractivity contribution in [2.75, 3.05) is 16.8 Å². The van der Waals surface area contributed by atoms with Gasteiger partial charge in [-0.1, -0.05) is 61.7 Å². The summed E-state index contributed by atoms with van der Waals surface area (Å²) in [6, 6.07) is 23.8. The van der Waals surface area contributed by atoms with Crippen LogP contribution in [0.2, 0.25) is 0 Å². The van der Waals surface area contributed by atoms with Gasteiger partial charge >= 0.3 is 0 Å². The first kappa shape index (κ1) is 20.0. The molecule has 1 aliphatic rings. The maximum Gasteiger partial charge on any atom is 0.262 e.